The molecule has 3 aromatic rings. The number of pyridine rings is 1. The highest BCUT2D eigenvalue weighted by Crippen LogP contribution is 2.36. The number of alkyl halides is 3. The van der Waals surface area contributed by atoms with E-state index < -0.39 is 37.5 Å². The predicted molar refractivity (Wildman–Crippen MR) is 111 cm³/mol. The molecular formula is C20H13Cl2F3N2O3S. The third-order valence-corrected chi connectivity index (χ3v) is 6.05. The van der Waals surface area contributed by atoms with E-state index in [0.29, 0.717) is 6.07 Å². The molecule has 31 heavy (non-hydrogen) atoms. The second kappa shape index (κ2) is 8.49. The highest BCUT2D eigenvalue weighted by atomic mass is 35.5. The topological polar surface area (TPSA) is 76.1 Å². The van der Waals surface area contributed by atoms with Gasteiger partial charge in [-0.05, 0) is 37.3 Å². The van der Waals surface area contributed by atoms with Crippen LogP contribution in [0.15, 0.2) is 59.6 Å². The number of carbonyl (C=O) groups is 1. The Balaban J connectivity index is 2.05. The highest BCUT2D eigenvalue weighted by molar-refractivity contribution is 7.92. The number of hydrogen-bond donors (Lipinski definition) is 1. The molecule has 0 atom stereocenters. The van der Waals surface area contributed by atoms with Gasteiger partial charge in [-0.2, -0.15) is 13.2 Å². The molecule has 1 N–H and O–H groups in total. The second-order valence-corrected chi connectivity index (χ2v) is 9.02. The highest BCUT2D eigenvalue weighted by Gasteiger charge is 2.34. The van der Waals surface area contributed by atoms with Crippen LogP contribution in [0.25, 0.3) is 0 Å². The lowest BCUT2D eigenvalue weighted by atomic mass is 10.0. The molecular weight excluding hydrogens is 476 g/mol. The van der Waals surface area contributed by atoms with Gasteiger partial charge in [0.05, 0.1) is 26.2 Å². The quantitative estimate of drug-likeness (QED) is 0.464. The average Bonchev–Trinajstić information content (AvgIpc) is 2.66. The summed E-state index contributed by atoms with van der Waals surface area (Å²) in [6.07, 6.45) is -3.70. The van der Waals surface area contributed by atoms with Gasteiger partial charge in [0, 0.05) is 11.8 Å². The fourth-order valence-corrected chi connectivity index (χ4v) is 4.18. The lowest BCUT2D eigenvalue weighted by Gasteiger charge is -2.14. The van der Waals surface area contributed by atoms with Gasteiger partial charge in [0.2, 0.25) is 5.78 Å². The Kier molecular flexibility index (Phi) is 6.31. The van der Waals surface area contributed by atoms with E-state index in [0.717, 1.165) is 30.0 Å². The summed E-state index contributed by atoms with van der Waals surface area (Å²) in [7, 11) is -4.54. The molecule has 0 aliphatic carbocycles. The maximum atomic E-state index is 13.1. The summed E-state index contributed by atoms with van der Waals surface area (Å²) in [6, 6.07) is 9.84. The Morgan fingerprint density at radius 1 is 1.06 bits per heavy atom. The molecule has 0 fully saturated rings. The minimum absolute atomic E-state index is 0.0191. The standard InChI is InChI=1S/C20H13Cl2F3N2O3S/c1-11-3-2-4-12(7-11)19(28)18-17(8-13(21)10-26-18)27-31(29,30)14-5-6-16(22)15(9-14)20(23,24)25/h2-10,27H,1H3. The number of aromatic nitrogens is 1. The molecule has 0 spiro atoms. The van der Waals surface area contributed by atoms with Gasteiger partial charge in [-0.3, -0.25) is 9.52 Å². The van der Waals surface area contributed by atoms with E-state index in [9.17, 15) is 26.4 Å². The average molecular weight is 489 g/mol. The first-order valence-corrected chi connectivity index (χ1v) is 10.8. The van der Waals surface area contributed by atoms with E-state index in [1.165, 1.54) is 6.07 Å². The van der Waals surface area contributed by atoms with Crippen LogP contribution in [-0.2, 0) is 16.2 Å². The van der Waals surface area contributed by atoms with Gasteiger partial charge < -0.3 is 0 Å². The molecule has 0 saturated carbocycles. The zero-order chi connectivity index (χ0) is 23.0. The van der Waals surface area contributed by atoms with Gasteiger partial charge in [-0.15, -0.1) is 0 Å². The van der Waals surface area contributed by atoms with Crippen molar-refractivity contribution in [1.29, 1.82) is 0 Å². The zero-order valence-electron chi connectivity index (χ0n) is 15.7. The normalized spacial score (nSPS) is 11.9. The predicted octanol–water partition coefficient (Wildman–Crippen LogP) is 5.75. The molecule has 0 aliphatic rings. The van der Waals surface area contributed by atoms with Crippen LogP contribution in [-0.4, -0.2) is 19.2 Å². The minimum Gasteiger partial charge on any atom is -0.287 e. The summed E-state index contributed by atoms with van der Waals surface area (Å²) < 4.78 is 67.0. The molecule has 0 saturated heterocycles. The Labute approximate surface area is 185 Å². The number of nitrogens with zero attached hydrogens (tertiary/aromatic N) is 1. The fourth-order valence-electron chi connectivity index (χ4n) is 2.71. The molecule has 0 unspecified atom stereocenters. The fraction of sp³-hybridized carbons (Fsp3) is 0.100. The number of halogens is 5. The van der Waals surface area contributed by atoms with Crippen molar-refractivity contribution in [3.8, 4) is 0 Å². The summed E-state index contributed by atoms with van der Waals surface area (Å²) >= 11 is 11.5. The van der Waals surface area contributed by atoms with Gasteiger partial charge >= 0.3 is 6.18 Å². The van der Waals surface area contributed by atoms with Gasteiger partial charge in [-0.1, -0.05) is 47.0 Å². The third-order valence-electron chi connectivity index (χ3n) is 4.15. The number of aryl methyl sites for hydroxylation is 1. The maximum absolute atomic E-state index is 13.1. The summed E-state index contributed by atoms with van der Waals surface area (Å²) in [5.74, 6) is -0.592. The molecule has 1 aromatic heterocycles. The molecule has 11 heteroatoms. The van der Waals surface area contributed by atoms with Crippen molar-refractivity contribution in [3.05, 3.63) is 87.2 Å². The molecule has 3 rings (SSSR count). The van der Waals surface area contributed by atoms with Crippen LogP contribution in [0.2, 0.25) is 10.0 Å². The maximum Gasteiger partial charge on any atom is 0.417 e. The van der Waals surface area contributed by atoms with Gasteiger partial charge in [0.15, 0.2) is 0 Å². The van der Waals surface area contributed by atoms with Gasteiger partial charge in [-0.25, -0.2) is 13.4 Å². The number of carbonyl (C=O) groups excluding carboxylic acids is 1. The van der Waals surface area contributed by atoms with E-state index >= 15 is 0 Å². The second-order valence-electron chi connectivity index (χ2n) is 6.49. The lowest BCUT2D eigenvalue weighted by Crippen LogP contribution is -2.18. The molecule has 0 bridgehead atoms. The Morgan fingerprint density at radius 2 is 1.77 bits per heavy atom. The third kappa shape index (κ3) is 5.17. The van der Waals surface area contributed by atoms with Crippen LogP contribution in [0.3, 0.4) is 0 Å². The van der Waals surface area contributed by atoms with Crippen LogP contribution >= 0.6 is 23.2 Å². The summed E-state index contributed by atoms with van der Waals surface area (Å²) in [5, 5.41) is -0.628. The van der Waals surface area contributed by atoms with Crippen molar-refractivity contribution in [3.63, 3.8) is 0 Å². The van der Waals surface area contributed by atoms with Crippen molar-refractivity contribution in [2.75, 3.05) is 4.72 Å². The van der Waals surface area contributed by atoms with Crippen molar-refractivity contribution < 1.29 is 26.4 Å². The summed E-state index contributed by atoms with van der Waals surface area (Å²) in [5.41, 5.74) is -0.799. The lowest BCUT2D eigenvalue weighted by molar-refractivity contribution is -0.137. The van der Waals surface area contributed by atoms with Crippen molar-refractivity contribution in [2.24, 2.45) is 0 Å². The number of rotatable bonds is 5. The van der Waals surface area contributed by atoms with Crippen molar-refractivity contribution in [1.82, 2.24) is 4.98 Å². The van der Waals surface area contributed by atoms with Crippen molar-refractivity contribution >= 4 is 44.7 Å². The van der Waals surface area contributed by atoms with Crippen LogP contribution < -0.4 is 4.72 Å². The van der Waals surface area contributed by atoms with Crippen LogP contribution in [0.1, 0.15) is 27.2 Å². The molecule has 1 heterocycles. The number of anilines is 1. The number of sulfonamides is 1. The summed E-state index contributed by atoms with van der Waals surface area (Å²) in [4.78, 5) is 16.1. The SMILES string of the molecule is Cc1cccc(C(=O)c2ncc(Cl)cc2NS(=O)(=O)c2ccc(Cl)c(C(F)(F)F)c2)c1. The first kappa shape index (κ1) is 23.1. The largest absolute Gasteiger partial charge is 0.417 e. The van der Waals surface area contributed by atoms with Gasteiger partial charge in [0.1, 0.15) is 5.69 Å². The van der Waals surface area contributed by atoms with Crippen LogP contribution in [0.5, 0.6) is 0 Å². The Morgan fingerprint density at radius 3 is 2.42 bits per heavy atom. The van der Waals surface area contributed by atoms with Crippen LogP contribution in [0, 0.1) is 6.92 Å². The van der Waals surface area contributed by atoms with E-state index in [4.69, 9.17) is 23.2 Å². The number of benzene rings is 2. The smallest absolute Gasteiger partial charge is 0.287 e. The molecule has 162 valence electrons. The van der Waals surface area contributed by atoms with E-state index in [1.807, 2.05) is 0 Å². The van der Waals surface area contributed by atoms with Crippen LogP contribution in [0.4, 0.5) is 18.9 Å². The van der Waals surface area contributed by atoms with E-state index in [1.54, 1.807) is 25.1 Å². The molecule has 5 nitrogen and oxygen atoms in total. The summed E-state index contributed by atoms with van der Waals surface area (Å²) in [6.45, 7) is 1.77. The monoisotopic (exact) mass is 488 g/mol. The minimum atomic E-state index is -4.85. The zero-order valence-corrected chi connectivity index (χ0v) is 18.0. The van der Waals surface area contributed by atoms with Gasteiger partial charge in [0.25, 0.3) is 10.0 Å². The van der Waals surface area contributed by atoms with E-state index in [2.05, 4.69) is 9.71 Å². The molecule has 0 amide bonds. The molecule has 2 aromatic carbocycles. The molecule has 0 aliphatic heterocycles. The van der Waals surface area contributed by atoms with Crippen molar-refractivity contribution in [2.45, 2.75) is 18.0 Å². The van der Waals surface area contributed by atoms with E-state index in [-0.39, 0.29) is 22.0 Å². The molecule has 0 radical (unpaired) electrons. The Hall–Kier alpha value is -2.62. The number of hydrogen-bond acceptors (Lipinski definition) is 4. The first-order valence-electron chi connectivity index (χ1n) is 8.55. The Bertz CT molecular complexity index is 1280. The first-order chi connectivity index (χ1) is 14.4. The number of ketones is 1. The number of nitrogens with one attached hydrogen (secondary N) is 1.